The van der Waals surface area contributed by atoms with Crippen molar-refractivity contribution in [2.75, 3.05) is 39.4 Å². The van der Waals surface area contributed by atoms with Gasteiger partial charge in [0.15, 0.2) is 0 Å². The molecule has 3 N–H and O–H groups in total. The van der Waals surface area contributed by atoms with Gasteiger partial charge < -0.3 is 20.3 Å². The maximum absolute atomic E-state index is 9.10. The molecule has 1 aromatic carbocycles. The third-order valence-corrected chi connectivity index (χ3v) is 3.57. The number of carboxylic acid groups (broad SMARTS) is 2. The van der Waals surface area contributed by atoms with Crippen LogP contribution in [-0.4, -0.2) is 66.4 Å². The number of carbonyl (C=O) groups is 2. The van der Waals surface area contributed by atoms with Crippen LogP contribution in [0.5, 0.6) is 0 Å². The molecule has 0 saturated carbocycles. The van der Waals surface area contributed by atoms with Gasteiger partial charge in [-0.2, -0.15) is 0 Å². The van der Waals surface area contributed by atoms with Gasteiger partial charge in [0.2, 0.25) is 0 Å². The second-order valence-electron chi connectivity index (χ2n) is 5.22. The summed E-state index contributed by atoms with van der Waals surface area (Å²) in [4.78, 5) is 20.7. The maximum Gasteiger partial charge on any atom is 0.414 e. The summed E-state index contributed by atoms with van der Waals surface area (Å²) in [6.45, 7) is 7.02. The summed E-state index contributed by atoms with van der Waals surface area (Å²) >= 11 is 5.94. The van der Waals surface area contributed by atoms with Crippen LogP contribution < -0.4 is 5.32 Å². The minimum atomic E-state index is -1.82. The van der Waals surface area contributed by atoms with Gasteiger partial charge >= 0.3 is 11.9 Å². The van der Waals surface area contributed by atoms with Gasteiger partial charge in [0.1, 0.15) is 0 Å². The first-order chi connectivity index (χ1) is 11.5. The normalized spacial score (nSPS) is 14.5. The third kappa shape index (κ3) is 9.46. The number of nitrogens with one attached hydrogen (secondary N) is 1. The number of hydrogen-bond donors (Lipinski definition) is 3. The molecule has 24 heavy (non-hydrogen) atoms. The van der Waals surface area contributed by atoms with Crippen molar-refractivity contribution in [3.63, 3.8) is 0 Å². The molecule has 1 aromatic rings. The minimum absolute atomic E-state index is 0.808. The van der Waals surface area contributed by atoms with Crippen molar-refractivity contribution in [3.05, 3.63) is 34.9 Å². The minimum Gasteiger partial charge on any atom is -0.473 e. The number of benzene rings is 1. The van der Waals surface area contributed by atoms with E-state index in [9.17, 15) is 0 Å². The lowest BCUT2D eigenvalue weighted by Crippen LogP contribution is -2.37. The Bertz CT molecular complexity index is 509. The Kier molecular flexibility index (Phi) is 10.0. The van der Waals surface area contributed by atoms with E-state index in [1.807, 2.05) is 18.2 Å². The lowest BCUT2D eigenvalue weighted by atomic mass is 10.2. The number of nitrogens with zero attached hydrogens (tertiary/aromatic N) is 1. The highest BCUT2D eigenvalue weighted by Gasteiger charge is 2.08. The largest absolute Gasteiger partial charge is 0.473 e. The lowest BCUT2D eigenvalue weighted by molar-refractivity contribution is -0.159. The van der Waals surface area contributed by atoms with E-state index in [2.05, 4.69) is 16.3 Å². The SMILES string of the molecule is Clc1cccc(CNCCCN2CCOCC2)c1.O=C(O)C(=O)O. The summed E-state index contributed by atoms with van der Waals surface area (Å²) in [5.41, 5.74) is 1.24. The molecule has 1 heterocycles. The monoisotopic (exact) mass is 358 g/mol. The summed E-state index contributed by atoms with van der Waals surface area (Å²) in [6, 6.07) is 8.01. The van der Waals surface area contributed by atoms with E-state index in [1.54, 1.807) is 0 Å². The van der Waals surface area contributed by atoms with Crippen LogP contribution in [0.2, 0.25) is 5.02 Å². The Labute approximate surface area is 146 Å². The predicted octanol–water partition coefficient (Wildman–Crippen LogP) is 1.31. The van der Waals surface area contributed by atoms with Crippen LogP contribution in [0.15, 0.2) is 24.3 Å². The Morgan fingerprint density at radius 1 is 1.21 bits per heavy atom. The quantitative estimate of drug-likeness (QED) is 0.520. The molecule has 8 heteroatoms. The molecule has 1 aliphatic rings. The van der Waals surface area contributed by atoms with Crippen molar-refractivity contribution in [3.8, 4) is 0 Å². The Hall–Kier alpha value is -1.67. The van der Waals surface area contributed by atoms with E-state index in [4.69, 9.17) is 36.1 Å². The molecule has 1 aliphatic heterocycles. The van der Waals surface area contributed by atoms with Crippen LogP contribution in [0.4, 0.5) is 0 Å². The van der Waals surface area contributed by atoms with Crippen molar-refractivity contribution in [1.82, 2.24) is 10.2 Å². The molecule has 0 aromatic heterocycles. The standard InChI is InChI=1S/C14H21ClN2O.C2H2O4/c15-14-4-1-3-13(11-14)12-16-5-2-6-17-7-9-18-10-8-17;3-1(4)2(5)6/h1,3-4,11,16H,2,5-10,12H2;(H,3,4)(H,5,6). The van der Waals surface area contributed by atoms with Gasteiger partial charge in [0, 0.05) is 24.7 Å². The summed E-state index contributed by atoms with van der Waals surface area (Å²) in [6.07, 6.45) is 1.18. The molecule has 0 amide bonds. The number of carboxylic acids is 2. The molecule has 0 spiro atoms. The van der Waals surface area contributed by atoms with Gasteiger partial charge in [-0.1, -0.05) is 23.7 Å². The van der Waals surface area contributed by atoms with Crippen molar-refractivity contribution < 1.29 is 24.5 Å². The van der Waals surface area contributed by atoms with Gasteiger partial charge in [-0.3, -0.25) is 4.90 Å². The molecule has 0 bridgehead atoms. The molecular weight excluding hydrogens is 336 g/mol. The fourth-order valence-electron chi connectivity index (χ4n) is 2.13. The fraction of sp³-hybridized carbons (Fsp3) is 0.500. The summed E-state index contributed by atoms with van der Waals surface area (Å²) in [5.74, 6) is -3.65. The number of halogens is 1. The summed E-state index contributed by atoms with van der Waals surface area (Å²) in [5, 5.41) is 19.0. The van der Waals surface area contributed by atoms with Crippen LogP contribution in [0.3, 0.4) is 0 Å². The molecule has 7 nitrogen and oxygen atoms in total. The van der Waals surface area contributed by atoms with Crippen LogP contribution in [0.1, 0.15) is 12.0 Å². The number of morpholine rings is 1. The molecule has 0 unspecified atom stereocenters. The number of rotatable bonds is 6. The lowest BCUT2D eigenvalue weighted by Gasteiger charge is -2.26. The highest BCUT2D eigenvalue weighted by Crippen LogP contribution is 2.10. The second-order valence-corrected chi connectivity index (χ2v) is 5.66. The Morgan fingerprint density at radius 3 is 2.46 bits per heavy atom. The zero-order valence-electron chi connectivity index (χ0n) is 13.4. The Balaban J connectivity index is 0.000000413. The number of hydrogen-bond acceptors (Lipinski definition) is 5. The van der Waals surface area contributed by atoms with E-state index in [0.717, 1.165) is 51.0 Å². The van der Waals surface area contributed by atoms with Crippen LogP contribution in [0, 0.1) is 0 Å². The summed E-state index contributed by atoms with van der Waals surface area (Å²) in [7, 11) is 0. The van der Waals surface area contributed by atoms with E-state index in [-0.39, 0.29) is 0 Å². The topological polar surface area (TPSA) is 99.1 Å². The highest BCUT2D eigenvalue weighted by molar-refractivity contribution is 6.30. The zero-order valence-corrected chi connectivity index (χ0v) is 14.2. The zero-order chi connectivity index (χ0) is 17.8. The van der Waals surface area contributed by atoms with E-state index < -0.39 is 11.9 Å². The van der Waals surface area contributed by atoms with Crippen LogP contribution >= 0.6 is 11.6 Å². The average Bonchev–Trinajstić information content (AvgIpc) is 2.56. The molecule has 134 valence electrons. The van der Waals surface area contributed by atoms with E-state index in [0.29, 0.717) is 0 Å². The van der Waals surface area contributed by atoms with Gasteiger partial charge in [0.05, 0.1) is 13.2 Å². The van der Waals surface area contributed by atoms with Crippen molar-refractivity contribution in [1.29, 1.82) is 0 Å². The van der Waals surface area contributed by atoms with Gasteiger partial charge in [0.25, 0.3) is 0 Å². The fourth-order valence-corrected chi connectivity index (χ4v) is 2.34. The smallest absolute Gasteiger partial charge is 0.414 e. The van der Waals surface area contributed by atoms with Crippen LogP contribution in [0.25, 0.3) is 0 Å². The second kappa shape index (κ2) is 11.8. The maximum atomic E-state index is 9.10. The molecular formula is C16H23ClN2O5. The molecule has 2 rings (SSSR count). The van der Waals surface area contributed by atoms with Gasteiger partial charge in [-0.15, -0.1) is 0 Å². The van der Waals surface area contributed by atoms with Crippen molar-refractivity contribution in [2.45, 2.75) is 13.0 Å². The van der Waals surface area contributed by atoms with Gasteiger partial charge in [-0.25, -0.2) is 9.59 Å². The first kappa shape index (κ1) is 20.4. The first-order valence-corrected chi connectivity index (χ1v) is 8.08. The third-order valence-electron chi connectivity index (χ3n) is 3.33. The van der Waals surface area contributed by atoms with E-state index >= 15 is 0 Å². The van der Waals surface area contributed by atoms with Crippen molar-refractivity contribution >= 4 is 23.5 Å². The Morgan fingerprint density at radius 2 is 1.88 bits per heavy atom. The number of ether oxygens (including phenoxy) is 1. The van der Waals surface area contributed by atoms with Gasteiger partial charge in [-0.05, 0) is 37.2 Å². The van der Waals surface area contributed by atoms with Crippen LogP contribution in [-0.2, 0) is 20.9 Å². The van der Waals surface area contributed by atoms with Crippen molar-refractivity contribution in [2.24, 2.45) is 0 Å². The molecule has 0 radical (unpaired) electrons. The predicted molar refractivity (Wildman–Crippen MR) is 90.3 cm³/mol. The summed E-state index contributed by atoms with van der Waals surface area (Å²) < 4.78 is 5.33. The molecule has 0 aliphatic carbocycles. The average molecular weight is 359 g/mol. The van der Waals surface area contributed by atoms with E-state index in [1.165, 1.54) is 12.0 Å². The number of aliphatic carboxylic acids is 2. The molecule has 1 fully saturated rings. The molecule has 1 saturated heterocycles. The first-order valence-electron chi connectivity index (χ1n) is 7.70. The highest BCUT2D eigenvalue weighted by atomic mass is 35.5. The molecule has 0 atom stereocenters.